The van der Waals surface area contributed by atoms with Crippen molar-refractivity contribution in [2.45, 2.75) is 36.6 Å². The molecule has 0 aliphatic heterocycles. The van der Waals surface area contributed by atoms with Crippen molar-refractivity contribution in [2.75, 3.05) is 5.32 Å². The molecule has 0 saturated heterocycles. The van der Waals surface area contributed by atoms with Gasteiger partial charge in [-0.2, -0.15) is 0 Å². The summed E-state index contributed by atoms with van der Waals surface area (Å²) in [7, 11) is 0. The lowest BCUT2D eigenvalue weighted by Gasteiger charge is -2.09. The van der Waals surface area contributed by atoms with E-state index >= 15 is 0 Å². The number of anilines is 1. The summed E-state index contributed by atoms with van der Waals surface area (Å²) in [6.45, 7) is 5.89. The summed E-state index contributed by atoms with van der Waals surface area (Å²) in [6.07, 6.45) is 0. The normalized spacial score (nSPS) is 12.0. The highest BCUT2D eigenvalue weighted by molar-refractivity contribution is 7.99. The zero-order chi connectivity index (χ0) is 15.4. The standard InChI is InChI=1S/C17H20N2OS/c1-11-4-7-16(10-12(11)2)21-15-8-5-14(6-9-15)19-17(20)13(3)18/h4-10,13H,18H2,1-3H3,(H,19,20). The fourth-order valence-electron chi connectivity index (χ4n) is 1.78. The smallest absolute Gasteiger partial charge is 0.240 e. The molecule has 1 amide bonds. The van der Waals surface area contributed by atoms with Crippen molar-refractivity contribution in [1.82, 2.24) is 0 Å². The van der Waals surface area contributed by atoms with Crippen LogP contribution in [0.15, 0.2) is 52.3 Å². The van der Waals surface area contributed by atoms with Gasteiger partial charge in [0, 0.05) is 15.5 Å². The highest BCUT2D eigenvalue weighted by atomic mass is 32.2. The third kappa shape index (κ3) is 4.34. The Kier molecular flexibility index (Phi) is 5.04. The van der Waals surface area contributed by atoms with E-state index in [2.05, 4.69) is 37.4 Å². The Morgan fingerprint density at radius 1 is 1.05 bits per heavy atom. The minimum absolute atomic E-state index is 0.176. The van der Waals surface area contributed by atoms with Gasteiger partial charge in [-0.1, -0.05) is 17.8 Å². The number of nitrogens with two attached hydrogens (primary N) is 1. The maximum absolute atomic E-state index is 11.5. The molecule has 0 saturated carbocycles. The molecule has 2 rings (SSSR count). The summed E-state index contributed by atoms with van der Waals surface area (Å²) in [5.74, 6) is -0.176. The van der Waals surface area contributed by atoms with Gasteiger partial charge >= 0.3 is 0 Å². The molecule has 2 aromatic carbocycles. The monoisotopic (exact) mass is 300 g/mol. The van der Waals surface area contributed by atoms with E-state index in [0.29, 0.717) is 0 Å². The van der Waals surface area contributed by atoms with Crippen LogP contribution in [0.2, 0.25) is 0 Å². The molecule has 0 radical (unpaired) electrons. The van der Waals surface area contributed by atoms with E-state index in [1.807, 2.05) is 24.3 Å². The first-order valence-corrected chi connectivity index (χ1v) is 7.69. The second kappa shape index (κ2) is 6.78. The molecular formula is C17H20N2OS. The lowest BCUT2D eigenvalue weighted by Crippen LogP contribution is -2.32. The van der Waals surface area contributed by atoms with Gasteiger partial charge in [0.25, 0.3) is 0 Å². The summed E-state index contributed by atoms with van der Waals surface area (Å²) in [5.41, 5.74) is 8.88. The Morgan fingerprint density at radius 3 is 2.24 bits per heavy atom. The Hall–Kier alpha value is -1.78. The average molecular weight is 300 g/mol. The first-order valence-electron chi connectivity index (χ1n) is 6.87. The third-order valence-electron chi connectivity index (χ3n) is 3.25. The number of nitrogens with one attached hydrogen (secondary N) is 1. The van der Waals surface area contributed by atoms with Crippen LogP contribution in [0.25, 0.3) is 0 Å². The van der Waals surface area contributed by atoms with Crippen molar-refractivity contribution >= 4 is 23.4 Å². The first kappa shape index (κ1) is 15.6. The molecule has 4 heteroatoms. The van der Waals surface area contributed by atoms with E-state index in [-0.39, 0.29) is 5.91 Å². The topological polar surface area (TPSA) is 55.1 Å². The summed E-state index contributed by atoms with van der Waals surface area (Å²) in [4.78, 5) is 13.9. The molecule has 0 heterocycles. The fourth-order valence-corrected chi connectivity index (χ4v) is 2.69. The molecule has 1 atom stereocenters. The van der Waals surface area contributed by atoms with Crippen molar-refractivity contribution in [2.24, 2.45) is 5.73 Å². The van der Waals surface area contributed by atoms with E-state index in [0.717, 1.165) is 10.6 Å². The lowest BCUT2D eigenvalue weighted by molar-refractivity contribution is -0.117. The number of amides is 1. The Balaban J connectivity index is 2.05. The molecule has 1 unspecified atom stereocenters. The zero-order valence-corrected chi connectivity index (χ0v) is 13.3. The second-order valence-corrected chi connectivity index (χ2v) is 6.30. The summed E-state index contributed by atoms with van der Waals surface area (Å²) >= 11 is 1.71. The number of aryl methyl sites for hydroxylation is 2. The number of carbonyl (C=O) groups excluding carboxylic acids is 1. The van der Waals surface area contributed by atoms with Crippen LogP contribution in [-0.4, -0.2) is 11.9 Å². The Morgan fingerprint density at radius 2 is 1.67 bits per heavy atom. The van der Waals surface area contributed by atoms with Crippen LogP contribution in [0.1, 0.15) is 18.1 Å². The number of hydrogen-bond donors (Lipinski definition) is 2. The largest absolute Gasteiger partial charge is 0.325 e. The second-order valence-electron chi connectivity index (χ2n) is 5.15. The maximum Gasteiger partial charge on any atom is 0.240 e. The number of benzene rings is 2. The number of carbonyl (C=O) groups is 1. The Labute approximate surface area is 129 Å². The SMILES string of the molecule is Cc1ccc(Sc2ccc(NC(=O)C(C)N)cc2)cc1C. The van der Waals surface area contributed by atoms with Gasteiger partial charge in [-0.15, -0.1) is 0 Å². The van der Waals surface area contributed by atoms with Crippen LogP contribution in [0.3, 0.4) is 0 Å². The van der Waals surface area contributed by atoms with Crippen molar-refractivity contribution in [3.8, 4) is 0 Å². The number of rotatable bonds is 4. The fraction of sp³-hybridized carbons (Fsp3) is 0.235. The van der Waals surface area contributed by atoms with E-state index in [1.54, 1.807) is 18.7 Å². The van der Waals surface area contributed by atoms with Gasteiger partial charge in [-0.3, -0.25) is 4.79 Å². The van der Waals surface area contributed by atoms with E-state index in [1.165, 1.54) is 16.0 Å². The minimum atomic E-state index is -0.505. The molecule has 2 aromatic rings. The molecule has 3 N–H and O–H groups in total. The highest BCUT2D eigenvalue weighted by Crippen LogP contribution is 2.29. The van der Waals surface area contributed by atoms with Crippen LogP contribution >= 0.6 is 11.8 Å². The quantitative estimate of drug-likeness (QED) is 0.904. The van der Waals surface area contributed by atoms with Crippen LogP contribution in [0, 0.1) is 13.8 Å². The lowest BCUT2D eigenvalue weighted by atomic mass is 10.1. The van der Waals surface area contributed by atoms with Crippen molar-refractivity contribution in [3.63, 3.8) is 0 Å². The average Bonchev–Trinajstić information content (AvgIpc) is 2.45. The molecule has 21 heavy (non-hydrogen) atoms. The van der Waals surface area contributed by atoms with Gasteiger partial charge < -0.3 is 11.1 Å². The molecule has 0 bridgehead atoms. The molecule has 110 valence electrons. The summed E-state index contributed by atoms with van der Waals surface area (Å²) in [5, 5.41) is 2.78. The van der Waals surface area contributed by atoms with Crippen molar-refractivity contribution in [1.29, 1.82) is 0 Å². The van der Waals surface area contributed by atoms with Gasteiger partial charge in [0.1, 0.15) is 0 Å². The van der Waals surface area contributed by atoms with E-state index in [4.69, 9.17) is 5.73 Å². The van der Waals surface area contributed by atoms with Crippen LogP contribution < -0.4 is 11.1 Å². The summed E-state index contributed by atoms with van der Waals surface area (Å²) in [6, 6.07) is 13.7. The first-order chi connectivity index (χ1) is 9.95. The molecule has 3 nitrogen and oxygen atoms in total. The predicted molar refractivity (Wildman–Crippen MR) is 88.8 cm³/mol. The van der Waals surface area contributed by atoms with Crippen LogP contribution in [0.5, 0.6) is 0 Å². The molecular weight excluding hydrogens is 280 g/mol. The maximum atomic E-state index is 11.5. The minimum Gasteiger partial charge on any atom is -0.325 e. The molecule has 0 aliphatic rings. The number of hydrogen-bond acceptors (Lipinski definition) is 3. The third-order valence-corrected chi connectivity index (χ3v) is 4.25. The predicted octanol–water partition coefficient (Wildman–Crippen LogP) is 3.74. The van der Waals surface area contributed by atoms with E-state index < -0.39 is 6.04 Å². The highest BCUT2D eigenvalue weighted by Gasteiger charge is 2.07. The molecule has 0 aliphatic carbocycles. The van der Waals surface area contributed by atoms with Crippen molar-refractivity contribution in [3.05, 3.63) is 53.6 Å². The van der Waals surface area contributed by atoms with Gasteiger partial charge in [-0.05, 0) is 68.3 Å². The van der Waals surface area contributed by atoms with Gasteiger partial charge in [0.05, 0.1) is 6.04 Å². The zero-order valence-electron chi connectivity index (χ0n) is 12.5. The van der Waals surface area contributed by atoms with Crippen LogP contribution in [-0.2, 0) is 4.79 Å². The Bertz CT molecular complexity index is 636. The van der Waals surface area contributed by atoms with Crippen LogP contribution in [0.4, 0.5) is 5.69 Å². The molecule has 0 fully saturated rings. The van der Waals surface area contributed by atoms with Gasteiger partial charge in [-0.25, -0.2) is 0 Å². The van der Waals surface area contributed by atoms with Gasteiger partial charge in [0.2, 0.25) is 5.91 Å². The van der Waals surface area contributed by atoms with Gasteiger partial charge in [0.15, 0.2) is 0 Å². The van der Waals surface area contributed by atoms with E-state index in [9.17, 15) is 4.79 Å². The van der Waals surface area contributed by atoms with Crippen molar-refractivity contribution < 1.29 is 4.79 Å². The molecule has 0 spiro atoms. The molecule has 0 aromatic heterocycles. The summed E-state index contributed by atoms with van der Waals surface area (Å²) < 4.78 is 0.